The molecule has 0 aliphatic carbocycles. The minimum Gasteiger partial charge on any atom is -0.324 e. The molecule has 3 N–H and O–H groups in total. The Morgan fingerprint density at radius 3 is 2.45 bits per heavy atom. The molecule has 1 aliphatic heterocycles. The van der Waals surface area contributed by atoms with Crippen LogP contribution in [0.3, 0.4) is 0 Å². The van der Waals surface area contributed by atoms with Crippen molar-refractivity contribution >= 4 is 21.8 Å². The summed E-state index contributed by atoms with van der Waals surface area (Å²) in [6, 6.07) is 6.71. The van der Waals surface area contributed by atoms with Gasteiger partial charge in [-0.3, -0.25) is 0 Å². The third-order valence-corrected chi connectivity index (χ3v) is 6.11. The SMILES string of the molecule is CC(N)c1ccc(S(=O)(=O)NCC2CCSCC2)cc1. The van der Waals surface area contributed by atoms with Gasteiger partial charge in [-0.2, -0.15) is 11.8 Å². The van der Waals surface area contributed by atoms with Crippen LogP contribution in [0, 0.1) is 5.92 Å². The molecule has 1 fully saturated rings. The van der Waals surface area contributed by atoms with Crippen LogP contribution >= 0.6 is 11.8 Å². The average molecular weight is 314 g/mol. The molecule has 1 saturated heterocycles. The molecule has 6 heteroatoms. The number of hydrogen-bond donors (Lipinski definition) is 2. The van der Waals surface area contributed by atoms with Crippen molar-refractivity contribution in [2.45, 2.75) is 30.7 Å². The highest BCUT2D eigenvalue weighted by atomic mass is 32.2. The van der Waals surface area contributed by atoms with Gasteiger partial charge >= 0.3 is 0 Å². The van der Waals surface area contributed by atoms with E-state index in [1.807, 2.05) is 18.7 Å². The average Bonchev–Trinajstić information content (AvgIpc) is 2.46. The summed E-state index contributed by atoms with van der Waals surface area (Å²) in [6.07, 6.45) is 2.19. The molecule has 0 bridgehead atoms. The van der Waals surface area contributed by atoms with Crippen LogP contribution in [0.5, 0.6) is 0 Å². The van der Waals surface area contributed by atoms with Gasteiger partial charge in [-0.25, -0.2) is 13.1 Å². The Bertz CT molecular complexity index is 521. The molecule has 112 valence electrons. The lowest BCUT2D eigenvalue weighted by atomic mass is 10.0. The molecule has 1 aromatic rings. The van der Waals surface area contributed by atoms with Crippen molar-refractivity contribution in [2.75, 3.05) is 18.1 Å². The molecular weight excluding hydrogens is 292 g/mol. The third kappa shape index (κ3) is 4.22. The van der Waals surface area contributed by atoms with Gasteiger partial charge in [-0.15, -0.1) is 0 Å². The van der Waals surface area contributed by atoms with Crippen LogP contribution in [-0.4, -0.2) is 26.5 Å². The molecule has 4 nitrogen and oxygen atoms in total. The van der Waals surface area contributed by atoms with Crippen LogP contribution in [0.25, 0.3) is 0 Å². The Balaban J connectivity index is 1.98. The molecule has 1 unspecified atom stereocenters. The fourth-order valence-corrected chi connectivity index (χ4v) is 4.53. The maximum Gasteiger partial charge on any atom is 0.240 e. The zero-order chi connectivity index (χ0) is 14.6. The molecule has 1 heterocycles. The summed E-state index contributed by atoms with van der Waals surface area (Å²) in [7, 11) is -3.40. The number of nitrogens with two attached hydrogens (primary N) is 1. The van der Waals surface area contributed by atoms with E-state index in [2.05, 4.69) is 4.72 Å². The van der Waals surface area contributed by atoms with E-state index in [0.717, 1.165) is 29.9 Å². The normalized spacial score (nSPS) is 18.9. The van der Waals surface area contributed by atoms with Crippen molar-refractivity contribution in [3.63, 3.8) is 0 Å². The third-order valence-electron chi connectivity index (χ3n) is 3.62. The van der Waals surface area contributed by atoms with E-state index in [4.69, 9.17) is 5.73 Å². The van der Waals surface area contributed by atoms with Crippen LogP contribution in [0.2, 0.25) is 0 Å². The lowest BCUT2D eigenvalue weighted by Gasteiger charge is -2.21. The molecule has 1 atom stereocenters. The summed E-state index contributed by atoms with van der Waals surface area (Å²) in [5, 5.41) is 0. The molecule has 1 aliphatic rings. The van der Waals surface area contributed by atoms with Crippen LogP contribution in [0.15, 0.2) is 29.2 Å². The van der Waals surface area contributed by atoms with E-state index >= 15 is 0 Å². The molecular formula is C14H22N2O2S2. The smallest absolute Gasteiger partial charge is 0.240 e. The topological polar surface area (TPSA) is 72.2 Å². The van der Waals surface area contributed by atoms with Crippen LogP contribution in [0.4, 0.5) is 0 Å². The first-order valence-corrected chi connectivity index (χ1v) is 9.56. The monoisotopic (exact) mass is 314 g/mol. The summed E-state index contributed by atoms with van der Waals surface area (Å²) in [4.78, 5) is 0.312. The zero-order valence-electron chi connectivity index (χ0n) is 11.7. The highest BCUT2D eigenvalue weighted by Crippen LogP contribution is 2.22. The highest BCUT2D eigenvalue weighted by Gasteiger charge is 2.19. The molecule has 0 spiro atoms. The summed E-state index contributed by atoms with van der Waals surface area (Å²) in [6.45, 7) is 2.42. The van der Waals surface area contributed by atoms with Crippen molar-refractivity contribution < 1.29 is 8.42 Å². The Labute approximate surface area is 125 Å². The maximum atomic E-state index is 12.2. The van der Waals surface area contributed by atoms with Gasteiger partial charge in [0, 0.05) is 12.6 Å². The second kappa shape index (κ2) is 6.93. The lowest BCUT2D eigenvalue weighted by molar-refractivity contribution is 0.476. The van der Waals surface area contributed by atoms with E-state index in [-0.39, 0.29) is 6.04 Å². The van der Waals surface area contributed by atoms with E-state index in [1.54, 1.807) is 24.3 Å². The number of rotatable bonds is 5. The number of hydrogen-bond acceptors (Lipinski definition) is 4. The lowest BCUT2D eigenvalue weighted by Crippen LogP contribution is -2.31. The van der Waals surface area contributed by atoms with Crippen LogP contribution in [0.1, 0.15) is 31.4 Å². The van der Waals surface area contributed by atoms with Gasteiger partial charge < -0.3 is 5.73 Å². The van der Waals surface area contributed by atoms with E-state index in [1.165, 1.54) is 0 Å². The molecule has 20 heavy (non-hydrogen) atoms. The number of nitrogens with one attached hydrogen (secondary N) is 1. The standard InChI is InChI=1S/C14H22N2O2S2/c1-11(15)13-2-4-14(5-3-13)20(17,18)16-10-12-6-8-19-9-7-12/h2-5,11-12,16H,6-10,15H2,1H3. The van der Waals surface area contributed by atoms with E-state index in [9.17, 15) is 8.42 Å². The minimum absolute atomic E-state index is 0.0838. The number of sulfonamides is 1. The first-order valence-electron chi connectivity index (χ1n) is 6.92. The fourth-order valence-electron chi connectivity index (χ4n) is 2.21. The number of benzene rings is 1. The largest absolute Gasteiger partial charge is 0.324 e. The van der Waals surface area contributed by atoms with Crippen LogP contribution < -0.4 is 10.5 Å². The van der Waals surface area contributed by atoms with Gasteiger partial charge in [0.05, 0.1) is 4.90 Å². The fraction of sp³-hybridized carbons (Fsp3) is 0.571. The summed E-state index contributed by atoms with van der Waals surface area (Å²) in [5.41, 5.74) is 6.70. The predicted octanol–water partition coefficient (Wildman–Crippen LogP) is 2.13. The molecule has 1 aromatic carbocycles. The zero-order valence-corrected chi connectivity index (χ0v) is 13.3. The van der Waals surface area contributed by atoms with Crippen molar-refractivity contribution in [1.29, 1.82) is 0 Å². The summed E-state index contributed by atoms with van der Waals surface area (Å²) in [5.74, 6) is 2.74. The number of thioether (sulfide) groups is 1. The summed E-state index contributed by atoms with van der Waals surface area (Å²) >= 11 is 1.94. The van der Waals surface area contributed by atoms with Gasteiger partial charge in [-0.05, 0) is 54.9 Å². The predicted molar refractivity (Wildman–Crippen MR) is 84.3 cm³/mol. The van der Waals surface area contributed by atoms with Gasteiger partial charge in [0.2, 0.25) is 10.0 Å². The molecule has 0 aromatic heterocycles. The van der Waals surface area contributed by atoms with E-state index in [0.29, 0.717) is 17.4 Å². The second-order valence-electron chi connectivity index (χ2n) is 5.27. The van der Waals surface area contributed by atoms with Crippen molar-refractivity contribution in [3.8, 4) is 0 Å². The van der Waals surface area contributed by atoms with Crippen molar-refractivity contribution in [1.82, 2.24) is 4.72 Å². The highest BCUT2D eigenvalue weighted by molar-refractivity contribution is 7.99. The van der Waals surface area contributed by atoms with Crippen molar-refractivity contribution in [3.05, 3.63) is 29.8 Å². The van der Waals surface area contributed by atoms with Gasteiger partial charge in [-0.1, -0.05) is 12.1 Å². The first-order chi connectivity index (χ1) is 9.49. The second-order valence-corrected chi connectivity index (χ2v) is 8.26. The Kier molecular flexibility index (Phi) is 5.49. The van der Waals surface area contributed by atoms with Crippen molar-refractivity contribution in [2.24, 2.45) is 11.7 Å². The Morgan fingerprint density at radius 2 is 1.90 bits per heavy atom. The molecule has 2 rings (SSSR count). The Morgan fingerprint density at radius 1 is 1.30 bits per heavy atom. The summed E-state index contributed by atoms with van der Waals surface area (Å²) < 4.78 is 27.1. The quantitative estimate of drug-likeness (QED) is 0.873. The Hall–Kier alpha value is -0.560. The maximum absolute atomic E-state index is 12.2. The molecule has 0 saturated carbocycles. The first kappa shape index (κ1) is 15.8. The molecule has 0 amide bonds. The van der Waals surface area contributed by atoms with Gasteiger partial charge in [0.25, 0.3) is 0 Å². The molecule has 0 radical (unpaired) electrons. The van der Waals surface area contributed by atoms with Gasteiger partial charge in [0.1, 0.15) is 0 Å². The van der Waals surface area contributed by atoms with E-state index < -0.39 is 10.0 Å². The van der Waals surface area contributed by atoms with Gasteiger partial charge in [0.15, 0.2) is 0 Å². The minimum atomic E-state index is -3.40. The van der Waals surface area contributed by atoms with Crippen LogP contribution in [-0.2, 0) is 10.0 Å².